The van der Waals surface area contributed by atoms with Crippen molar-refractivity contribution in [3.8, 4) is 5.75 Å². The van der Waals surface area contributed by atoms with Crippen LogP contribution < -0.4 is 4.18 Å². The van der Waals surface area contributed by atoms with Gasteiger partial charge in [-0.25, -0.2) is 4.79 Å². The monoisotopic (exact) mass is 406 g/mol. The first-order valence-corrected chi connectivity index (χ1v) is 9.33. The smallest absolute Gasteiger partial charge is 0.464 e. The number of benzene rings is 2. The van der Waals surface area contributed by atoms with Crippen molar-refractivity contribution in [2.24, 2.45) is 0 Å². The number of carbonyl (C=O) groups is 1. The summed E-state index contributed by atoms with van der Waals surface area (Å²) >= 11 is 0. The van der Waals surface area contributed by atoms with E-state index in [9.17, 15) is 26.4 Å². The molecule has 2 aromatic carbocycles. The molecule has 0 saturated carbocycles. The number of ether oxygens (including phenoxy) is 2. The van der Waals surface area contributed by atoms with Crippen molar-refractivity contribution in [2.45, 2.75) is 25.5 Å². The second kappa shape index (κ2) is 8.13. The molecule has 2 aromatic rings. The molecule has 1 atom stereocenters. The van der Waals surface area contributed by atoms with Gasteiger partial charge in [-0.05, 0) is 30.7 Å². The third-order valence-corrected chi connectivity index (χ3v) is 4.48. The topological polar surface area (TPSA) is 78.9 Å². The predicted molar refractivity (Wildman–Crippen MR) is 90.6 cm³/mol. The molecule has 0 aliphatic heterocycles. The molecule has 0 heterocycles. The number of rotatable bonds is 7. The Morgan fingerprint density at radius 1 is 1.07 bits per heavy atom. The van der Waals surface area contributed by atoms with Crippen LogP contribution in [0.2, 0.25) is 0 Å². The molecule has 0 aliphatic rings. The van der Waals surface area contributed by atoms with E-state index in [0.29, 0.717) is 10.8 Å². The van der Waals surface area contributed by atoms with Crippen LogP contribution in [0.25, 0.3) is 10.8 Å². The Morgan fingerprint density at radius 3 is 2.33 bits per heavy atom. The van der Waals surface area contributed by atoms with Crippen LogP contribution in [0.15, 0.2) is 36.4 Å². The van der Waals surface area contributed by atoms with Gasteiger partial charge >= 0.3 is 21.6 Å². The molecule has 0 fully saturated rings. The average Bonchev–Trinajstić information content (AvgIpc) is 2.59. The van der Waals surface area contributed by atoms with Crippen molar-refractivity contribution in [1.29, 1.82) is 0 Å². The third-order valence-electron chi connectivity index (χ3n) is 3.51. The van der Waals surface area contributed by atoms with Crippen LogP contribution in [0.5, 0.6) is 5.75 Å². The fourth-order valence-electron chi connectivity index (χ4n) is 2.44. The van der Waals surface area contributed by atoms with Crippen molar-refractivity contribution in [1.82, 2.24) is 0 Å². The molecule has 0 aromatic heterocycles. The van der Waals surface area contributed by atoms with E-state index in [-0.39, 0.29) is 18.8 Å². The first kappa shape index (κ1) is 21.0. The second-order valence-electron chi connectivity index (χ2n) is 5.27. The molecule has 148 valence electrons. The third kappa shape index (κ3) is 4.51. The molecule has 6 nitrogen and oxygen atoms in total. The van der Waals surface area contributed by atoms with Gasteiger partial charge < -0.3 is 13.7 Å². The first-order valence-electron chi connectivity index (χ1n) is 7.93. The van der Waals surface area contributed by atoms with E-state index in [0.717, 1.165) is 6.07 Å². The maximum absolute atomic E-state index is 12.8. The zero-order chi connectivity index (χ0) is 20.2. The number of halogens is 3. The molecular weight excluding hydrogens is 389 g/mol. The Morgan fingerprint density at radius 2 is 1.74 bits per heavy atom. The summed E-state index contributed by atoms with van der Waals surface area (Å²) in [6, 6.07) is 8.86. The lowest BCUT2D eigenvalue weighted by Crippen LogP contribution is -2.29. The number of fused-ring (bicyclic) bond motifs is 1. The van der Waals surface area contributed by atoms with Crippen LogP contribution in [0.1, 0.15) is 25.5 Å². The maximum Gasteiger partial charge on any atom is 0.534 e. The lowest BCUT2D eigenvalue weighted by molar-refractivity contribution is -0.157. The van der Waals surface area contributed by atoms with Gasteiger partial charge in [-0.3, -0.25) is 0 Å². The van der Waals surface area contributed by atoms with Crippen LogP contribution >= 0.6 is 0 Å². The van der Waals surface area contributed by atoms with Gasteiger partial charge in [-0.2, -0.15) is 21.6 Å². The van der Waals surface area contributed by atoms with Gasteiger partial charge in [0.15, 0.2) is 6.10 Å². The lowest BCUT2D eigenvalue weighted by Gasteiger charge is -2.21. The highest BCUT2D eigenvalue weighted by molar-refractivity contribution is 7.88. The second-order valence-corrected chi connectivity index (χ2v) is 6.81. The molecule has 0 amide bonds. The lowest BCUT2D eigenvalue weighted by atomic mass is 9.99. The van der Waals surface area contributed by atoms with Crippen molar-refractivity contribution in [2.75, 3.05) is 13.2 Å². The minimum atomic E-state index is -5.94. The highest BCUT2D eigenvalue weighted by Gasteiger charge is 2.49. The van der Waals surface area contributed by atoms with Gasteiger partial charge in [0.05, 0.1) is 6.61 Å². The summed E-state index contributed by atoms with van der Waals surface area (Å²) in [7, 11) is -5.94. The molecule has 0 N–H and O–H groups in total. The van der Waals surface area contributed by atoms with Gasteiger partial charge in [-0.15, -0.1) is 0 Å². The summed E-state index contributed by atoms with van der Waals surface area (Å²) in [5.41, 5.74) is -5.78. The Bertz CT molecular complexity index is 924. The molecule has 27 heavy (non-hydrogen) atoms. The molecule has 0 saturated heterocycles. The first-order chi connectivity index (χ1) is 12.6. The summed E-state index contributed by atoms with van der Waals surface area (Å²) in [6.07, 6.45) is -1.46. The van der Waals surface area contributed by atoms with Crippen molar-refractivity contribution < 1.29 is 40.0 Å². The summed E-state index contributed by atoms with van der Waals surface area (Å²) in [4.78, 5) is 12.3. The van der Waals surface area contributed by atoms with E-state index < -0.39 is 33.4 Å². The largest absolute Gasteiger partial charge is 0.534 e. The number of esters is 1. The SMILES string of the molecule is CCOC(=O)C(OCC)c1c(OS(=O)(=O)C(F)(F)F)ccc2ccccc12. The number of hydrogen-bond donors (Lipinski definition) is 0. The van der Waals surface area contributed by atoms with E-state index in [1.54, 1.807) is 32.0 Å². The number of carbonyl (C=O) groups excluding carboxylic acids is 1. The fraction of sp³-hybridized carbons (Fsp3) is 0.353. The molecular formula is C17H17F3O6S. The Labute approximate surface area is 154 Å². The van der Waals surface area contributed by atoms with Crippen molar-refractivity contribution in [3.63, 3.8) is 0 Å². The summed E-state index contributed by atoms with van der Waals surface area (Å²) < 4.78 is 75.8. The Hall–Kier alpha value is -2.33. The molecule has 0 spiro atoms. The molecule has 10 heteroatoms. The van der Waals surface area contributed by atoms with Crippen LogP contribution in [-0.4, -0.2) is 33.1 Å². The Kier molecular flexibility index (Phi) is 6.32. The Balaban J connectivity index is 2.71. The molecule has 1 unspecified atom stereocenters. The van der Waals surface area contributed by atoms with Gasteiger partial charge in [0.1, 0.15) is 5.75 Å². The summed E-state index contributed by atoms with van der Waals surface area (Å²) in [6.45, 7) is 3.16. The molecule has 2 rings (SSSR count). The molecule has 0 bridgehead atoms. The van der Waals surface area contributed by atoms with Crippen LogP contribution in [0, 0.1) is 0 Å². The van der Waals surface area contributed by atoms with Gasteiger partial charge in [-0.1, -0.05) is 30.3 Å². The summed E-state index contributed by atoms with van der Waals surface area (Å²) in [5.74, 6) is -1.53. The average molecular weight is 406 g/mol. The molecule has 0 aliphatic carbocycles. The normalized spacial score (nSPS) is 13.4. The number of hydrogen-bond acceptors (Lipinski definition) is 6. The number of alkyl halides is 3. The van der Waals surface area contributed by atoms with Gasteiger partial charge in [0.25, 0.3) is 0 Å². The van der Waals surface area contributed by atoms with Crippen LogP contribution in [0.3, 0.4) is 0 Å². The fourth-order valence-corrected chi connectivity index (χ4v) is 2.91. The van der Waals surface area contributed by atoms with Crippen molar-refractivity contribution in [3.05, 3.63) is 42.0 Å². The van der Waals surface area contributed by atoms with E-state index in [2.05, 4.69) is 4.18 Å². The molecule has 0 radical (unpaired) electrons. The summed E-state index contributed by atoms with van der Waals surface area (Å²) in [5, 5.41) is 0.858. The van der Waals surface area contributed by atoms with E-state index in [1.807, 2.05) is 0 Å². The van der Waals surface area contributed by atoms with Gasteiger partial charge in [0, 0.05) is 12.2 Å². The van der Waals surface area contributed by atoms with E-state index in [4.69, 9.17) is 9.47 Å². The van der Waals surface area contributed by atoms with E-state index in [1.165, 1.54) is 12.1 Å². The quantitative estimate of drug-likeness (QED) is 0.396. The highest BCUT2D eigenvalue weighted by Crippen LogP contribution is 2.38. The standard InChI is InChI=1S/C17H17F3O6S/c1-3-24-15(16(21)25-4-2)14-12-8-6-5-7-11(12)9-10-13(14)26-27(22,23)17(18,19)20/h5-10,15H,3-4H2,1-2H3. The maximum atomic E-state index is 12.8. The highest BCUT2D eigenvalue weighted by atomic mass is 32.2. The zero-order valence-electron chi connectivity index (χ0n) is 14.4. The minimum absolute atomic E-state index is 0.00418. The van der Waals surface area contributed by atoms with Crippen LogP contribution in [-0.2, 0) is 24.4 Å². The van der Waals surface area contributed by atoms with E-state index >= 15 is 0 Å². The van der Waals surface area contributed by atoms with Crippen LogP contribution in [0.4, 0.5) is 13.2 Å². The predicted octanol–water partition coefficient (Wildman–Crippen LogP) is 3.71. The minimum Gasteiger partial charge on any atom is -0.464 e. The zero-order valence-corrected chi connectivity index (χ0v) is 15.3. The van der Waals surface area contributed by atoms with Gasteiger partial charge in [0.2, 0.25) is 0 Å². The van der Waals surface area contributed by atoms with Crippen molar-refractivity contribution >= 4 is 26.9 Å².